The fraction of sp³-hybridized carbons (Fsp3) is 0.250. The summed E-state index contributed by atoms with van der Waals surface area (Å²) in [5.41, 5.74) is 3.92. The predicted octanol–water partition coefficient (Wildman–Crippen LogP) is 6.06. The number of alkyl halides is 1. The van der Waals surface area contributed by atoms with Gasteiger partial charge < -0.3 is 0 Å². The van der Waals surface area contributed by atoms with E-state index in [1.54, 1.807) is 0 Å². The third-order valence-electron chi connectivity index (χ3n) is 3.07. The van der Waals surface area contributed by atoms with Crippen LogP contribution in [0.4, 0.5) is 0 Å². The van der Waals surface area contributed by atoms with E-state index in [0.717, 1.165) is 4.47 Å². The van der Waals surface area contributed by atoms with Crippen LogP contribution in [0.2, 0.25) is 0 Å². The summed E-state index contributed by atoms with van der Waals surface area (Å²) < 4.78 is 1.14. The van der Waals surface area contributed by atoms with E-state index in [1.165, 1.54) is 16.7 Å². The summed E-state index contributed by atoms with van der Waals surface area (Å²) in [6.45, 7) is 4.43. The van der Waals surface area contributed by atoms with Gasteiger partial charge in [-0.15, -0.1) is 0 Å². The molecule has 18 heavy (non-hydrogen) atoms. The van der Waals surface area contributed by atoms with Gasteiger partial charge in [0.05, 0.1) is 4.83 Å². The molecule has 0 bridgehead atoms. The highest BCUT2D eigenvalue weighted by atomic mass is 79.9. The van der Waals surface area contributed by atoms with E-state index in [0.29, 0.717) is 5.92 Å². The summed E-state index contributed by atoms with van der Waals surface area (Å²) in [6, 6.07) is 17.1. The standard InChI is InChI=1S/C16H16Br2/c1-11(2)12-7-9-13(10-8-12)16(18)14-5-3-4-6-15(14)17/h3-11,16H,1-2H3. The average Bonchev–Trinajstić information content (AvgIpc) is 2.38. The Hall–Kier alpha value is -0.600. The lowest BCUT2D eigenvalue weighted by Crippen LogP contribution is -1.95. The quantitative estimate of drug-likeness (QED) is 0.578. The maximum absolute atomic E-state index is 3.78. The van der Waals surface area contributed by atoms with Crippen LogP contribution in [0.1, 0.15) is 41.3 Å². The zero-order chi connectivity index (χ0) is 13.1. The van der Waals surface area contributed by atoms with Gasteiger partial charge in [0, 0.05) is 4.47 Å². The third-order valence-corrected chi connectivity index (χ3v) is 4.82. The van der Waals surface area contributed by atoms with Gasteiger partial charge in [-0.25, -0.2) is 0 Å². The van der Waals surface area contributed by atoms with Crippen molar-refractivity contribution in [3.63, 3.8) is 0 Å². The lowest BCUT2D eigenvalue weighted by atomic mass is 9.99. The second-order valence-corrected chi connectivity index (χ2v) is 6.48. The number of hydrogen-bond acceptors (Lipinski definition) is 0. The van der Waals surface area contributed by atoms with E-state index in [4.69, 9.17) is 0 Å². The molecule has 0 aliphatic heterocycles. The molecule has 1 atom stereocenters. The summed E-state index contributed by atoms with van der Waals surface area (Å²) in [7, 11) is 0. The molecule has 0 radical (unpaired) electrons. The van der Waals surface area contributed by atoms with E-state index >= 15 is 0 Å². The molecule has 0 aromatic heterocycles. The molecule has 1 unspecified atom stereocenters. The van der Waals surface area contributed by atoms with Gasteiger partial charge in [-0.1, -0.05) is 88.2 Å². The van der Waals surface area contributed by atoms with E-state index in [-0.39, 0.29) is 4.83 Å². The smallest absolute Gasteiger partial charge is 0.0655 e. The zero-order valence-corrected chi connectivity index (χ0v) is 13.7. The van der Waals surface area contributed by atoms with Crippen molar-refractivity contribution in [2.75, 3.05) is 0 Å². The Bertz CT molecular complexity index is 515. The Morgan fingerprint density at radius 2 is 1.39 bits per heavy atom. The molecule has 0 heterocycles. The van der Waals surface area contributed by atoms with E-state index in [9.17, 15) is 0 Å². The van der Waals surface area contributed by atoms with Gasteiger partial charge in [-0.3, -0.25) is 0 Å². The molecule has 0 saturated carbocycles. The van der Waals surface area contributed by atoms with Crippen LogP contribution in [0, 0.1) is 0 Å². The zero-order valence-electron chi connectivity index (χ0n) is 10.5. The van der Waals surface area contributed by atoms with Crippen LogP contribution in [0.25, 0.3) is 0 Å². The molecular weight excluding hydrogens is 352 g/mol. The van der Waals surface area contributed by atoms with Crippen LogP contribution < -0.4 is 0 Å². The summed E-state index contributed by atoms with van der Waals surface area (Å²) in [6.07, 6.45) is 0. The number of hydrogen-bond donors (Lipinski definition) is 0. The van der Waals surface area contributed by atoms with Crippen molar-refractivity contribution < 1.29 is 0 Å². The maximum Gasteiger partial charge on any atom is 0.0655 e. The molecule has 0 N–H and O–H groups in total. The molecule has 2 aromatic carbocycles. The SMILES string of the molecule is CC(C)c1ccc(C(Br)c2ccccc2Br)cc1. The first kappa shape index (κ1) is 13.8. The third kappa shape index (κ3) is 3.04. The highest BCUT2D eigenvalue weighted by molar-refractivity contribution is 9.11. The Morgan fingerprint density at radius 3 is 1.94 bits per heavy atom. The van der Waals surface area contributed by atoms with Crippen LogP contribution in [0.5, 0.6) is 0 Å². The lowest BCUT2D eigenvalue weighted by molar-refractivity contribution is 0.865. The van der Waals surface area contributed by atoms with Crippen molar-refractivity contribution in [3.8, 4) is 0 Å². The van der Waals surface area contributed by atoms with Gasteiger partial charge in [0.2, 0.25) is 0 Å². The monoisotopic (exact) mass is 366 g/mol. The Labute approximate surface area is 126 Å². The number of benzene rings is 2. The lowest BCUT2D eigenvalue weighted by Gasteiger charge is -2.14. The highest BCUT2D eigenvalue weighted by Gasteiger charge is 2.13. The second-order valence-electron chi connectivity index (χ2n) is 4.71. The van der Waals surface area contributed by atoms with Crippen molar-refractivity contribution >= 4 is 31.9 Å². The van der Waals surface area contributed by atoms with Crippen LogP contribution in [-0.2, 0) is 0 Å². The Balaban J connectivity index is 2.29. The summed E-state index contributed by atoms with van der Waals surface area (Å²) >= 11 is 7.38. The molecule has 0 fully saturated rings. The van der Waals surface area contributed by atoms with Gasteiger partial charge in [-0.05, 0) is 28.7 Å². The molecule has 0 aliphatic rings. The van der Waals surface area contributed by atoms with Crippen molar-refractivity contribution in [2.24, 2.45) is 0 Å². The molecule has 0 amide bonds. The van der Waals surface area contributed by atoms with Crippen LogP contribution >= 0.6 is 31.9 Å². The topological polar surface area (TPSA) is 0 Å². The first-order valence-corrected chi connectivity index (χ1v) is 7.79. The van der Waals surface area contributed by atoms with Crippen molar-refractivity contribution in [3.05, 3.63) is 69.7 Å². The molecule has 2 heteroatoms. The largest absolute Gasteiger partial charge is 0.0786 e. The van der Waals surface area contributed by atoms with Gasteiger partial charge in [-0.2, -0.15) is 0 Å². The van der Waals surface area contributed by atoms with Crippen molar-refractivity contribution in [2.45, 2.75) is 24.6 Å². The van der Waals surface area contributed by atoms with Crippen molar-refractivity contribution in [1.29, 1.82) is 0 Å². The first-order valence-electron chi connectivity index (χ1n) is 6.08. The molecule has 0 saturated heterocycles. The van der Waals surface area contributed by atoms with E-state index in [1.807, 2.05) is 6.07 Å². The summed E-state index contributed by atoms with van der Waals surface area (Å²) in [4.78, 5) is 0.231. The fourth-order valence-corrected chi connectivity index (χ4v) is 3.44. The van der Waals surface area contributed by atoms with Crippen LogP contribution in [-0.4, -0.2) is 0 Å². The fourth-order valence-electron chi connectivity index (χ4n) is 1.91. The summed E-state index contributed by atoms with van der Waals surface area (Å²) in [5, 5.41) is 0. The van der Waals surface area contributed by atoms with Gasteiger partial charge in [0.25, 0.3) is 0 Å². The molecule has 2 aromatic rings. The van der Waals surface area contributed by atoms with Gasteiger partial charge >= 0.3 is 0 Å². The minimum atomic E-state index is 0.231. The van der Waals surface area contributed by atoms with E-state index in [2.05, 4.69) is 88.2 Å². The second kappa shape index (κ2) is 6.03. The molecule has 0 spiro atoms. The normalized spacial score (nSPS) is 12.7. The molecule has 0 nitrogen and oxygen atoms in total. The number of rotatable bonds is 3. The molecule has 0 aliphatic carbocycles. The summed E-state index contributed by atoms with van der Waals surface area (Å²) in [5.74, 6) is 0.580. The average molecular weight is 368 g/mol. The first-order chi connectivity index (χ1) is 8.59. The predicted molar refractivity (Wildman–Crippen MR) is 85.4 cm³/mol. The van der Waals surface area contributed by atoms with E-state index < -0.39 is 0 Å². The van der Waals surface area contributed by atoms with Crippen molar-refractivity contribution in [1.82, 2.24) is 0 Å². The maximum atomic E-state index is 3.78. The molecular formula is C16H16Br2. The highest BCUT2D eigenvalue weighted by Crippen LogP contribution is 2.35. The molecule has 94 valence electrons. The minimum absolute atomic E-state index is 0.231. The Kier molecular flexibility index (Phi) is 4.63. The van der Waals surface area contributed by atoms with Gasteiger partial charge in [0.15, 0.2) is 0 Å². The van der Waals surface area contributed by atoms with Crippen LogP contribution in [0.3, 0.4) is 0 Å². The number of halogens is 2. The van der Waals surface area contributed by atoms with Gasteiger partial charge in [0.1, 0.15) is 0 Å². The van der Waals surface area contributed by atoms with Crippen LogP contribution in [0.15, 0.2) is 53.0 Å². The Morgan fingerprint density at radius 1 is 0.833 bits per heavy atom. The minimum Gasteiger partial charge on any atom is -0.0786 e. The molecule has 2 rings (SSSR count).